The molecule has 2 aliphatic rings. The van der Waals surface area contributed by atoms with Crippen LogP contribution < -0.4 is 5.73 Å². The summed E-state index contributed by atoms with van der Waals surface area (Å²) in [6.07, 6.45) is 3.37. The largest absolute Gasteiger partial charge is 0.394 e. The van der Waals surface area contributed by atoms with E-state index in [1.165, 1.54) is 12.8 Å². The molecule has 1 saturated heterocycles. The zero-order valence-electron chi connectivity index (χ0n) is 7.71. The molecule has 1 spiro atoms. The fraction of sp³-hybridized carbons (Fsp3) is 1.00. The smallest absolute Gasteiger partial charge is 0.0616 e. The van der Waals surface area contributed by atoms with Crippen LogP contribution in [0.15, 0.2) is 0 Å². The Morgan fingerprint density at radius 3 is 2.42 bits per heavy atom. The van der Waals surface area contributed by atoms with Crippen LogP contribution in [-0.4, -0.2) is 42.3 Å². The molecule has 0 radical (unpaired) electrons. The molecule has 1 aliphatic heterocycles. The molecule has 70 valence electrons. The molecule has 12 heavy (non-hydrogen) atoms. The van der Waals surface area contributed by atoms with Crippen LogP contribution >= 0.6 is 0 Å². The first kappa shape index (κ1) is 8.48. The van der Waals surface area contributed by atoms with E-state index in [0.29, 0.717) is 5.41 Å². The van der Waals surface area contributed by atoms with Gasteiger partial charge in [0.2, 0.25) is 0 Å². The lowest BCUT2D eigenvalue weighted by atomic mass is 9.89. The fourth-order valence-electron chi connectivity index (χ4n) is 2.50. The van der Waals surface area contributed by atoms with Crippen molar-refractivity contribution < 1.29 is 5.11 Å². The van der Waals surface area contributed by atoms with Gasteiger partial charge in [0.25, 0.3) is 0 Å². The third-order valence-electron chi connectivity index (χ3n) is 3.81. The summed E-state index contributed by atoms with van der Waals surface area (Å²) in [5.74, 6) is 0. The highest BCUT2D eigenvalue weighted by Crippen LogP contribution is 2.60. The lowest BCUT2D eigenvalue weighted by Crippen LogP contribution is -2.41. The quantitative estimate of drug-likeness (QED) is 0.572. The van der Waals surface area contributed by atoms with Crippen molar-refractivity contribution in [3.63, 3.8) is 0 Å². The molecule has 2 rings (SSSR count). The first-order valence-electron chi connectivity index (χ1n) is 4.70. The van der Waals surface area contributed by atoms with Gasteiger partial charge in [-0.25, -0.2) is 0 Å². The number of hydrogen-bond acceptors (Lipinski definition) is 3. The van der Waals surface area contributed by atoms with Gasteiger partial charge in [-0.3, -0.25) is 0 Å². The summed E-state index contributed by atoms with van der Waals surface area (Å²) in [6, 6.07) is 0. The Morgan fingerprint density at radius 1 is 1.42 bits per heavy atom. The fourth-order valence-corrected chi connectivity index (χ4v) is 2.50. The maximum Gasteiger partial charge on any atom is 0.0616 e. The molecule has 1 saturated carbocycles. The maximum absolute atomic E-state index is 9.11. The van der Waals surface area contributed by atoms with E-state index in [1.807, 2.05) is 0 Å². The third-order valence-corrected chi connectivity index (χ3v) is 3.81. The van der Waals surface area contributed by atoms with Crippen molar-refractivity contribution in [2.45, 2.75) is 24.8 Å². The van der Waals surface area contributed by atoms with Crippen molar-refractivity contribution in [1.29, 1.82) is 0 Å². The number of rotatable bonds is 1. The molecule has 0 aromatic heterocycles. The van der Waals surface area contributed by atoms with Crippen molar-refractivity contribution in [1.82, 2.24) is 4.90 Å². The van der Waals surface area contributed by atoms with E-state index >= 15 is 0 Å². The molecule has 3 heteroatoms. The van der Waals surface area contributed by atoms with Crippen molar-refractivity contribution in [2.24, 2.45) is 11.1 Å². The number of piperidine rings is 1. The van der Waals surface area contributed by atoms with E-state index < -0.39 is 0 Å². The second-order valence-electron chi connectivity index (χ2n) is 4.57. The van der Waals surface area contributed by atoms with Gasteiger partial charge in [-0.1, -0.05) is 0 Å². The Labute approximate surface area is 73.5 Å². The first-order valence-corrected chi connectivity index (χ1v) is 4.70. The predicted octanol–water partition coefficient (Wildman–Crippen LogP) is -0.208. The van der Waals surface area contributed by atoms with Gasteiger partial charge in [0.1, 0.15) is 0 Å². The molecular weight excluding hydrogens is 152 g/mol. The van der Waals surface area contributed by atoms with E-state index in [0.717, 1.165) is 19.5 Å². The Morgan fingerprint density at radius 2 is 2.00 bits per heavy atom. The normalized spacial score (nSPS) is 40.2. The van der Waals surface area contributed by atoms with Gasteiger partial charge in [0.05, 0.1) is 6.61 Å². The van der Waals surface area contributed by atoms with Gasteiger partial charge in [-0.05, 0) is 44.8 Å². The molecule has 0 bridgehead atoms. The molecule has 0 aromatic rings. The zero-order chi connectivity index (χ0) is 8.82. The summed E-state index contributed by atoms with van der Waals surface area (Å²) in [5, 5.41) is 9.11. The third kappa shape index (κ3) is 1.00. The van der Waals surface area contributed by atoms with Crippen molar-refractivity contribution in [3.8, 4) is 0 Å². The van der Waals surface area contributed by atoms with Crippen LogP contribution in [0.2, 0.25) is 0 Å². The summed E-state index contributed by atoms with van der Waals surface area (Å²) < 4.78 is 0. The van der Waals surface area contributed by atoms with Crippen molar-refractivity contribution >= 4 is 0 Å². The predicted molar refractivity (Wildman–Crippen MR) is 47.8 cm³/mol. The van der Waals surface area contributed by atoms with Gasteiger partial charge in [0.15, 0.2) is 0 Å². The number of nitrogens with zero attached hydrogens (tertiary/aromatic N) is 1. The molecule has 1 unspecified atom stereocenters. The minimum absolute atomic E-state index is 0.163. The number of aliphatic hydroxyl groups is 1. The zero-order valence-corrected chi connectivity index (χ0v) is 7.71. The van der Waals surface area contributed by atoms with E-state index in [2.05, 4.69) is 11.9 Å². The summed E-state index contributed by atoms with van der Waals surface area (Å²) in [4.78, 5) is 2.33. The molecule has 0 aromatic carbocycles. The van der Waals surface area contributed by atoms with Gasteiger partial charge in [-0.2, -0.15) is 0 Å². The average Bonchev–Trinajstić information content (AvgIpc) is 2.65. The SMILES string of the molecule is CN1CCC2(CC1)CC2(N)CO. The van der Waals surface area contributed by atoms with Crippen LogP contribution in [-0.2, 0) is 0 Å². The minimum Gasteiger partial charge on any atom is -0.394 e. The first-order chi connectivity index (χ1) is 5.62. The van der Waals surface area contributed by atoms with Crippen LogP contribution in [0.5, 0.6) is 0 Å². The lowest BCUT2D eigenvalue weighted by Gasteiger charge is -2.31. The second kappa shape index (κ2) is 2.44. The number of hydrogen-bond donors (Lipinski definition) is 2. The van der Waals surface area contributed by atoms with Crippen LogP contribution in [0, 0.1) is 5.41 Å². The van der Waals surface area contributed by atoms with Crippen LogP contribution in [0.3, 0.4) is 0 Å². The molecule has 1 atom stereocenters. The highest BCUT2D eigenvalue weighted by molar-refractivity contribution is 5.20. The van der Waals surface area contributed by atoms with Crippen LogP contribution in [0.25, 0.3) is 0 Å². The summed E-state index contributed by atoms with van der Waals surface area (Å²) in [7, 11) is 2.15. The highest BCUT2D eigenvalue weighted by Gasteiger charge is 2.64. The van der Waals surface area contributed by atoms with Gasteiger partial charge in [-0.15, -0.1) is 0 Å². The minimum atomic E-state index is -0.228. The number of aliphatic hydroxyl groups excluding tert-OH is 1. The molecule has 1 aliphatic carbocycles. The van der Waals surface area contributed by atoms with E-state index in [1.54, 1.807) is 0 Å². The molecular formula is C9H18N2O. The Hall–Kier alpha value is -0.120. The van der Waals surface area contributed by atoms with Gasteiger partial charge in [0, 0.05) is 5.54 Å². The van der Waals surface area contributed by atoms with E-state index in [-0.39, 0.29) is 12.1 Å². The molecule has 2 fully saturated rings. The van der Waals surface area contributed by atoms with Crippen LogP contribution in [0.1, 0.15) is 19.3 Å². The molecule has 0 amide bonds. The second-order valence-corrected chi connectivity index (χ2v) is 4.57. The monoisotopic (exact) mass is 170 g/mol. The highest BCUT2D eigenvalue weighted by atomic mass is 16.3. The molecule has 1 heterocycles. The van der Waals surface area contributed by atoms with E-state index in [9.17, 15) is 0 Å². The Kier molecular flexibility index (Phi) is 1.72. The topological polar surface area (TPSA) is 49.5 Å². The maximum atomic E-state index is 9.11. The van der Waals surface area contributed by atoms with E-state index in [4.69, 9.17) is 10.8 Å². The number of likely N-dealkylation sites (tertiary alicyclic amines) is 1. The van der Waals surface area contributed by atoms with Crippen LogP contribution in [0.4, 0.5) is 0 Å². The van der Waals surface area contributed by atoms with Gasteiger partial charge < -0.3 is 15.7 Å². The summed E-state index contributed by atoms with van der Waals surface area (Å²) >= 11 is 0. The Bertz CT molecular complexity index is 187. The summed E-state index contributed by atoms with van der Waals surface area (Å²) in [6.45, 7) is 2.44. The van der Waals surface area contributed by atoms with Crippen molar-refractivity contribution in [3.05, 3.63) is 0 Å². The summed E-state index contributed by atoms with van der Waals surface area (Å²) in [5.41, 5.74) is 6.10. The molecule has 3 nitrogen and oxygen atoms in total. The standard InChI is InChI=1S/C9H18N2O/c1-11-4-2-8(3-5-11)6-9(8,10)7-12/h12H,2-7,10H2,1H3. The lowest BCUT2D eigenvalue weighted by molar-refractivity contribution is 0.156. The molecule has 3 N–H and O–H groups in total. The van der Waals surface area contributed by atoms with Crippen molar-refractivity contribution in [2.75, 3.05) is 26.7 Å². The van der Waals surface area contributed by atoms with Gasteiger partial charge >= 0.3 is 0 Å². The number of nitrogens with two attached hydrogens (primary N) is 1. The average molecular weight is 170 g/mol. The Balaban J connectivity index is 1.99.